The van der Waals surface area contributed by atoms with Gasteiger partial charge in [-0.3, -0.25) is 0 Å². The number of nitrogens with one attached hydrogen (secondary N) is 1. The van der Waals surface area contributed by atoms with Crippen molar-refractivity contribution < 1.29 is 18.3 Å². The Morgan fingerprint density at radius 1 is 1.30 bits per heavy atom. The van der Waals surface area contributed by atoms with Gasteiger partial charge in [-0.15, -0.1) is 0 Å². The molecule has 23 heavy (non-hydrogen) atoms. The molecule has 0 spiro atoms. The Morgan fingerprint density at radius 3 is 2.52 bits per heavy atom. The molecule has 1 aliphatic rings. The molecule has 2 rings (SSSR count). The highest BCUT2D eigenvalue weighted by Gasteiger charge is 2.31. The monoisotopic (exact) mass is 329 g/mol. The number of allylic oxidation sites excluding steroid dienone is 1. The van der Waals surface area contributed by atoms with E-state index in [1.807, 2.05) is 14.1 Å². The Labute approximate surface area is 136 Å². The minimum absolute atomic E-state index is 0.149. The fraction of sp³-hybridized carbons (Fsp3) is 0.556. The third kappa shape index (κ3) is 6.65. The Kier molecular flexibility index (Phi) is 7.62. The molecular formula is C18H26F3NO. The molecule has 0 aliphatic heterocycles. The van der Waals surface area contributed by atoms with E-state index >= 15 is 0 Å². The number of hydrogen-bond donors (Lipinski definition) is 2. The van der Waals surface area contributed by atoms with Crippen molar-refractivity contribution in [1.82, 2.24) is 5.32 Å². The van der Waals surface area contributed by atoms with Gasteiger partial charge in [0.2, 0.25) is 0 Å². The molecule has 0 aromatic heterocycles. The summed E-state index contributed by atoms with van der Waals surface area (Å²) in [6, 6.07) is 5.63. The molecule has 0 radical (unpaired) electrons. The number of aliphatic hydroxyl groups is 1. The van der Waals surface area contributed by atoms with Crippen molar-refractivity contribution in [1.29, 1.82) is 0 Å². The van der Waals surface area contributed by atoms with Crippen LogP contribution < -0.4 is 5.32 Å². The van der Waals surface area contributed by atoms with Gasteiger partial charge in [0.25, 0.3) is 0 Å². The molecule has 2 nitrogen and oxygen atoms in total. The first-order chi connectivity index (χ1) is 10.8. The Bertz CT molecular complexity index is 499. The average molecular weight is 329 g/mol. The van der Waals surface area contributed by atoms with Gasteiger partial charge in [-0.25, -0.2) is 0 Å². The smallest absolute Gasteiger partial charge is 0.416 e. The highest BCUT2D eigenvalue weighted by molar-refractivity contribution is 5.28. The standard InChI is InChI=1S/C16H19F3O.C2H7N/c1-11(20)8-12-4-2-5-13(9-12)14-6-3-7-15(10-14)16(17,18)19;1-3-2/h3,6-7,10,12-13,20H,1-2,4-5,8-9H2;3H,1-2H3. The maximum atomic E-state index is 12.7. The molecular weight excluding hydrogens is 303 g/mol. The molecule has 2 atom stereocenters. The molecule has 1 fully saturated rings. The van der Waals surface area contributed by atoms with Crippen molar-refractivity contribution in [2.45, 2.75) is 44.2 Å². The van der Waals surface area contributed by atoms with Crippen LogP contribution in [0.2, 0.25) is 0 Å². The summed E-state index contributed by atoms with van der Waals surface area (Å²) in [6.07, 6.45) is -0.0105. The highest BCUT2D eigenvalue weighted by Crippen LogP contribution is 2.40. The van der Waals surface area contributed by atoms with E-state index in [1.54, 1.807) is 6.07 Å². The zero-order valence-electron chi connectivity index (χ0n) is 13.8. The van der Waals surface area contributed by atoms with Crippen LogP contribution in [0.4, 0.5) is 13.2 Å². The molecule has 2 unspecified atom stereocenters. The van der Waals surface area contributed by atoms with E-state index < -0.39 is 11.7 Å². The summed E-state index contributed by atoms with van der Waals surface area (Å²) in [5.74, 6) is 0.635. The van der Waals surface area contributed by atoms with Crippen LogP contribution in [0, 0.1) is 5.92 Å². The van der Waals surface area contributed by atoms with Crippen molar-refractivity contribution in [3.63, 3.8) is 0 Å². The summed E-state index contributed by atoms with van der Waals surface area (Å²) >= 11 is 0. The Morgan fingerprint density at radius 2 is 1.96 bits per heavy atom. The van der Waals surface area contributed by atoms with E-state index in [0.717, 1.165) is 37.3 Å². The zero-order chi connectivity index (χ0) is 17.5. The largest absolute Gasteiger partial charge is 0.513 e. The highest BCUT2D eigenvalue weighted by atomic mass is 19.4. The maximum absolute atomic E-state index is 12.7. The summed E-state index contributed by atoms with van der Waals surface area (Å²) < 4.78 is 38.2. The van der Waals surface area contributed by atoms with E-state index in [4.69, 9.17) is 0 Å². The van der Waals surface area contributed by atoms with E-state index in [0.29, 0.717) is 12.3 Å². The predicted octanol–water partition coefficient (Wildman–Crippen LogP) is 5.28. The van der Waals surface area contributed by atoms with Crippen LogP contribution >= 0.6 is 0 Å². The van der Waals surface area contributed by atoms with Gasteiger partial charge in [0.1, 0.15) is 0 Å². The van der Waals surface area contributed by atoms with Gasteiger partial charge in [0, 0.05) is 6.42 Å². The zero-order valence-corrected chi connectivity index (χ0v) is 13.8. The average Bonchev–Trinajstić information content (AvgIpc) is 2.47. The number of hydrogen-bond acceptors (Lipinski definition) is 2. The third-order valence-corrected chi connectivity index (χ3v) is 3.99. The number of alkyl halides is 3. The van der Waals surface area contributed by atoms with Crippen LogP contribution in [0.5, 0.6) is 0 Å². The van der Waals surface area contributed by atoms with Gasteiger partial charge in [-0.1, -0.05) is 31.2 Å². The lowest BCUT2D eigenvalue weighted by Gasteiger charge is -2.29. The topological polar surface area (TPSA) is 32.3 Å². The molecule has 5 heteroatoms. The van der Waals surface area contributed by atoms with Gasteiger partial charge in [-0.05, 0) is 56.8 Å². The van der Waals surface area contributed by atoms with Gasteiger partial charge in [0.05, 0.1) is 11.3 Å². The predicted molar refractivity (Wildman–Crippen MR) is 87.5 cm³/mol. The second-order valence-electron chi connectivity index (χ2n) is 6.12. The SMILES string of the molecule is C=C(O)CC1CCCC(c2cccc(C(F)(F)F)c2)C1.CNC. The van der Waals surface area contributed by atoms with E-state index in [-0.39, 0.29) is 11.7 Å². The number of benzene rings is 1. The summed E-state index contributed by atoms with van der Waals surface area (Å²) in [7, 11) is 3.75. The van der Waals surface area contributed by atoms with E-state index in [9.17, 15) is 18.3 Å². The molecule has 0 bridgehead atoms. The van der Waals surface area contributed by atoms with E-state index in [2.05, 4.69) is 11.9 Å². The van der Waals surface area contributed by atoms with Crippen LogP contribution in [0.25, 0.3) is 0 Å². The molecule has 1 aromatic rings. The lowest BCUT2D eigenvalue weighted by molar-refractivity contribution is -0.137. The third-order valence-electron chi connectivity index (χ3n) is 3.99. The molecule has 0 amide bonds. The van der Waals surface area contributed by atoms with Gasteiger partial charge in [-0.2, -0.15) is 13.2 Å². The van der Waals surface area contributed by atoms with Crippen molar-refractivity contribution in [2.24, 2.45) is 5.92 Å². The minimum Gasteiger partial charge on any atom is -0.513 e. The maximum Gasteiger partial charge on any atom is 0.416 e. The first kappa shape index (κ1) is 19.6. The molecule has 1 saturated carbocycles. The van der Waals surface area contributed by atoms with Gasteiger partial charge >= 0.3 is 6.18 Å². The van der Waals surface area contributed by atoms with Crippen molar-refractivity contribution in [3.8, 4) is 0 Å². The van der Waals surface area contributed by atoms with Crippen molar-refractivity contribution in [3.05, 3.63) is 47.7 Å². The van der Waals surface area contributed by atoms with Crippen LogP contribution in [0.15, 0.2) is 36.6 Å². The molecule has 1 aliphatic carbocycles. The molecule has 0 saturated heterocycles. The van der Waals surface area contributed by atoms with Gasteiger partial charge < -0.3 is 10.4 Å². The fourth-order valence-corrected chi connectivity index (χ4v) is 3.08. The second kappa shape index (κ2) is 8.96. The van der Waals surface area contributed by atoms with Crippen LogP contribution in [-0.4, -0.2) is 19.2 Å². The van der Waals surface area contributed by atoms with Crippen LogP contribution in [0.3, 0.4) is 0 Å². The normalized spacial score (nSPS) is 21.3. The number of rotatable bonds is 3. The Hall–Kier alpha value is -1.49. The minimum atomic E-state index is -4.29. The summed E-state index contributed by atoms with van der Waals surface area (Å²) in [5.41, 5.74) is 0.178. The number of halogens is 3. The van der Waals surface area contributed by atoms with Crippen LogP contribution in [0.1, 0.15) is 49.1 Å². The lowest BCUT2D eigenvalue weighted by Crippen LogP contribution is -2.15. The second-order valence-corrected chi connectivity index (χ2v) is 6.12. The lowest BCUT2D eigenvalue weighted by atomic mass is 9.76. The Balaban J connectivity index is 0.000000816. The quantitative estimate of drug-likeness (QED) is 0.740. The summed E-state index contributed by atoms with van der Waals surface area (Å²) in [6.45, 7) is 3.50. The van der Waals surface area contributed by atoms with E-state index in [1.165, 1.54) is 12.1 Å². The molecule has 0 heterocycles. The molecule has 2 N–H and O–H groups in total. The van der Waals surface area contributed by atoms with Crippen LogP contribution in [-0.2, 0) is 6.18 Å². The first-order valence-corrected chi connectivity index (χ1v) is 7.90. The molecule has 130 valence electrons. The van der Waals surface area contributed by atoms with Crippen molar-refractivity contribution >= 4 is 0 Å². The first-order valence-electron chi connectivity index (χ1n) is 7.90. The van der Waals surface area contributed by atoms with Crippen molar-refractivity contribution in [2.75, 3.05) is 14.1 Å². The van der Waals surface area contributed by atoms with Gasteiger partial charge in [0.15, 0.2) is 0 Å². The number of aliphatic hydroxyl groups excluding tert-OH is 1. The molecule has 1 aromatic carbocycles. The summed E-state index contributed by atoms with van der Waals surface area (Å²) in [5, 5.41) is 12.0. The summed E-state index contributed by atoms with van der Waals surface area (Å²) in [4.78, 5) is 0. The fourth-order valence-electron chi connectivity index (χ4n) is 3.08.